The van der Waals surface area contributed by atoms with Crippen molar-refractivity contribution in [2.45, 2.75) is 6.92 Å². The maximum Gasteiger partial charge on any atom is 0.149 e. The lowest BCUT2D eigenvalue weighted by molar-refractivity contribution is 0.916. The minimum Gasteiger partial charge on any atom is -0.347 e. The van der Waals surface area contributed by atoms with Crippen molar-refractivity contribution in [3.63, 3.8) is 0 Å². The summed E-state index contributed by atoms with van der Waals surface area (Å²) in [5.41, 5.74) is 5.67. The number of H-pyrrole nitrogens is 1. The predicted molar refractivity (Wildman–Crippen MR) is 97.2 cm³/mol. The number of aromatic amines is 1. The van der Waals surface area contributed by atoms with Crippen LogP contribution in [0.25, 0.3) is 33.6 Å². The Bertz CT molecular complexity index is 1100. The van der Waals surface area contributed by atoms with E-state index < -0.39 is 0 Å². The molecule has 0 amide bonds. The van der Waals surface area contributed by atoms with Gasteiger partial charge in [-0.15, -0.1) is 0 Å². The van der Waals surface area contributed by atoms with Crippen molar-refractivity contribution in [2.75, 3.05) is 0 Å². The second-order valence-corrected chi connectivity index (χ2v) is 5.85. The number of benzene rings is 2. The van der Waals surface area contributed by atoms with Crippen LogP contribution < -0.4 is 0 Å². The Balaban J connectivity index is 1.93. The molecule has 0 saturated carbocycles. The molecular formula is C20H16N4. The first-order valence-corrected chi connectivity index (χ1v) is 7.80. The molecule has 0 unspecified atom stereocenters. The van der Waals surface area contributed by atoms with Gasteiger partial charge in [0, 0.05) is 29.2 Å². The summed E-state index contributed by atoms with van der Waals surface area (Å²) < 4.78 is 2.15. The summed E-state index contributed by atoms with van der Waals surface area (Å²) in [6, 6.07) is 18.3. The lowest BCUT2D eigenvalue weighted by Crippen LogP contribution is -1.91. The molecule has 0 saturated heterocycles. The minimum absolute atomic E-state index is 0.533. The van der Waals surface area contributed by atoms with Crippen LogP contribution in [0.2, 0.25) is 0 Å². The van der Waals surface area contributed by atoms with Crippen molar-refractivity contribution in [2.24, 2.45) is 7.05 Å². The number of imidazole rings is 1. The molecule has 2 aromatic carbocycles. The fraction of sp³-hybridized carbons (Fsp3) is 0.100. The van der Waals surface area contributed by atoms with Crippen LogP contribution in [0, 0.1) is 18.3 Å². The number of hydrogen-bond donors (Lipinski definition) is 1. The number of hydrogen-bond acceptors (Lipinski definition) is 2. The number of fused-ring (bicyclic) bond motifs is 2. The highest BCUT2D eigenvalue weighted by Crippen LogP contribution is 2.28. The SMILES string of the molecule is Cc1c(C=C(C#N)c2nc3ccccc3[nH]2)c2ccccc2n1C. The van der Waals surface area contributed by atoms with Gasteiger partial charge in [-0.1, -0.05) is 30.3 Å². The van der Waals surface area contributed by atoms with Gasteiger partial charge in [0.25, 0.3) is 0 Å². The fourth-order valence-electron chi connectivity index (χ4n) is 3.11. The second-order valence-electron chi connectivity index (χ2n) is 5.85. The monoisotopic (exact) mass is 312 g/mol. The van der Waals surface area contributed by atoms with Crippen molar-refractivity contribution < 1.29 is 0 Å². The molecule has 0 aliphatic heterocycles. The fourth-order valence-corrected chi connectivity index (χ4v) is 3.11. The topological polar surface area (TPSA) is 57.4 Å². The van der Waals surface area contributed by atoms with Crippen molar-refractivity contribution >= 4 is 33.6 Å². The smallest absolute Gasteiger partial charge is 0.149 e. The highest BCUT2D eigenvalue weighted by atomic mass is 14.9. The van der Waals surface area contributed by atoms with E-state index in [9.17, 15) is 5.26 Å². The highest BCUT2D eigenvalue weighted by Gasteiger charge is 2.13. The molecule has 4 aromatic rings. The predicted octanol–water partition coefficient (Wildman–Crippen LogP) is 4.43. The summed E-state index contributed by atoms with van der Waals surface area (Å²) in [6.07, 6.45) is 1.93. The van der Waals surface area contributed by atoms with E-state index in [1.165, 1.54) is 0 Å². The van der Waals surface area contributed by atoms with Gasteiger partial charge in [-0.05, 0) is 31.2 Å². The molecule has 4 rings (SSSR count). The summed E-state index contributed by atoms with van der Waals surface area (Å²) in [4.78, 5) is 7.78. The van der Waals surface area contributed by atoms with E-state index in [0.717, 1.165) is 33.2 Å². The number of para-hydroxylation sites is 3. The third-order valence-corrected chi connectivity index (χ3v) is 4.50. The van der Waals surface area contributed by atoms with Gasteiger partial charge >= 0.3 is 0 Å². The first-order chi connectivity index (χ1) is 11.7. The lowest BCUT2D eigenvalue weighted by atomic mass is 10.1. The largest absolute Gasteiger partial charge is 0.347 e. The van der Waals surface area contributed by atoms with Gasteiger partial charge in [-0.3, -0.25) is 0 Å². The Morgan fingerprint density at radius 1 is 1.17 bits per heavy atom. The molecule has 116 valence electrons. The maximum atomic E-state index is 9.65. The molecule has 0 aliphatic carbocycles. The molecule has 0 spiro atoms. The molecule has 0 fully saturated rings. The summed E-state index contributed by atoms with van der Waals surface area (Å²) in [7, 11) is 2.04. The quantitative estimate of drug-likeness (QED) is 0.557. The minimum atomic E-state index is 0.533. The average Bonchev–Trinajstić information content (AvgIpc) is 3.14. The van der Waals surface area contributed by atoms with E-state index in [2.05, 4.69) is 39.7 Å². The molecule has 0 bridgehead atoms. The van der Waals surface area contributed by atoms with E-state index >= 15 is 0 Å². The summed E-state index contributed by atoms with van der Waals surface area (Å²) >= 11 is 0. The Hall–Kier alpha value is -3.32. The molecular weight excluding hydrogens is 296 g/mol. The number of nitrogens with zero attached hydrogens (tertiary/aromatic N) is 3. The van der Waals surface area contributed by atoms with Gasteiger partial charge in [0.2, 0.25) is 0 Å². The molecule has 2 aromatic heterocycles. The van der Waals surface area contributed by atoms with Crippen molar-refractivity contribution in [1.29, 1.82) is 5.26 Å². The van der Waals surface area contributed by atoms with Crippen LogP contribution in [0.3, 0.4) is 0 Å². The van der Waals surface area contributed by atoms with Crippen LogP contribution in [0.4, 0.5) is 0 Å². The third-order valence-electron chi connectivity index (χ3n) is 4.50. The standard InChI is InChI=1S/C20H16N4/c1-13-16(15-7-3-6-10-19(15)24(13)2)11-14(12-21)20-22-17-8-4-5-9-18(17)23-20/h3-11H,1-2H3,(H,22,23). The zero-order chi connectivity index (χ0) is 16.7. The van der Waals surface area contributed by atoms with E-state index in [1.54, 1.807) is 0 Å². The first-order valence-electron chi connectivity index (χ1n) is 7.80. The van der Waals surface area contributed by atoms with E-state index in [0.29, 0.717) is 11.4 Å². The van der Waals surface area contributed by atoms with E-state index in [1.807, 2.05) is 49.5 Å². The molecule has 1 N–H and O–H groups in total. The number of nitriles is 1. The number of aromatic nitrogens is 3. The molecule has 0 atom stereocenters. The first kappa shape index (κ1) is 14.3. The van der Waals surface area contributed by atoms with Crippen molar-refractivity contribution in [1.82, 2.24) is 14.5 Å². The molecule has 0 aliphatic rings. The molecule has 0 radical (unpaired) electrons. The van der Waals surface area contributed by atoms with Crippen LogP contribution in [0.1, 0.15) is 17.1 Å². The Labute approximate surface area is 139 Å². The number of aryl methyl sites for hydroxylation is 1. The normalized spacial score (nSPS) is 12.0. The second kappa shape index (κ2) is 5.39. The van der Waals surface area contributed by atoms with Crippen molar-refractivity contribution in [3.05, 3.63) is 65.6 Å². The third kappa shape index (κ3) is 2.10. The van der Waals surface area contributed by atoms with Crippen LogP contribution in [0.5, 0.6) is 0 Å². The zero-order valence-corrected chi connectivity index (χ0v) is 13.5. The Morgan fingerprint density at radius 2 is 1.92 bits per heavy atom. The van der Waals surface area contributed by atoms with Gasteiger partial charge in [-0.2, -0.15) is 5.26 Å². The summed E-state index contributed by atoms with van der Waals surface area (Å²) in [5, 5.41) is 10.8. The van der Waals surface area contributed by atoms with E-state index in [-0.39, 0.29) is 0 Å². The van der Waals surface area contributed by atoms with Crippen LogP contribution in [-0.2, 0) is 7.05 Å². The van der Waals surface area contributed by atoms with Gasteiger partial charge in [0.1, 0.15) is 11.9 Å². The van der Waals surface area contributed by atoms with Gasteiger partial charge in [0.15, 0.2) is 0 Å². The van der Waals surface area contributed by atoms with Gasteiger partial charge < -0.3 is 9.55 Å². The van der Waals surface area contributed by atoms with Crippen LogP contribution in [-0.4, -0.2) is 14.5 Å². The van der Waals surface area contributed by atoms with Gasteiger partial charge in [-0.25, -0.2) is 4.98 Å². The van der Waals surface area contributed by atoms with Gasteiger partial charge in [0.05, 0.1) is 16.6 Å². The summed E-state index contributed by atoms with van der Waals surface area (Å²) in [5.74, 6) is 0.603. The Kier molecular flexibility index (Phi) is 3.21. The zero-order valence-electron chi connectivity index (χ0n) is 13.5. The van der Waals surface area contributed by atoms with Crippen molar-refractivity contribution in [3.8, 4) is 6.07 Å². The maximum absolute atomic E-state index is 9.65. The number of allylic oxidation sites excluding steroid dienone is 1. The van der Waals surface area contributed by atoms with Crippen LogP contribution in [0.15, 0.2) is 48.5 Å². The molecule has 24 heavy (non-hydrogen) atoms. The average molecular weight is 312 g/mol. The molecule has 2 heterocycles. The van der Waals surface area contributed by atoms with E-state index in [4.69, 9.17) is 0 Å². The molecule has 4 nitrogen and oxygen atoms in total. The number of rotatable bonds is 2. The Morgan fingerprint density at radius 3 is 2.71 bits per heavy atom. The summed E-state index contributed by atoms with van der Waals surface area (Å²) in [6.45, 7) is 2.07. The lowest BCUT2D eigenvalue weighted by Gasteiger charge is -1.98. The van der Waals surface area contributed by atoms with Crippen LogP contribution >= 0.6 is 0 Å². The number of nitrogens with one attached hydrogen (secondary N) is 1. The highest BCUT2D eigenvalue weighted by molar-refractivity contribution is 5.99. The molecule has 4 heteroatoms.